The van der Waals surface area contributed by atoms with Crippen molar-refractivity contribution in [2.24, 2.45) is 0 Å². The second-order valence-electron chi connectivity index (χ2n) is 7.55. The van der Waals surface area contributed by atoms with E-state index in [0.717, 1.165) is 37.3 Å². The Morgan fingerprint density at radius 1 is 1.14 bits per heavy atom. The van der Waals surface area contributed by atoms with Crippen molar-refractivity contribution in [3.63, 3.8) is 0 Å². The van der Waals surface area contributed by atoms with Gasteiger partial charge in [0.05, 0.1) is 23.2 Å². The number of hydrogen-bond donors (Lipinski definition) is 2. The number of urea groups is 1. The summed E-state index contributed by atoms with van der Waals surface area (Å²) >= 11 is 0. The molecule has 1 aliphatic heterocycles. The van der Waals surface area contributed by atoms with Crippen molar-refractivity contribution in [2.75, 3.05) is 25.9 Å². The van der Waals surface area contributed by atoms with Crippen molar-refractivity contribution in [3.05, 3.63) is 54.0 Å². The molecule has 2 amide bonds. The summed E-state index contributed by atoms with van der Waals surface area (Å²) in [5.74, 6) is 0.858. The maximum atomic E-state index is 12.4. The molecule has 0 aliphatic carbocycles. The molecular formula is C21H29N3O4S. The first kappa shape index (κ1) is 21.4. The van der Waals surface area contributed by atoms with Crippen molar-refractivity contribution in [1.82, 2.24) is 15.5 Å². The third kappa shape index (κ3) is 5.83. The van der Waals surface area contributed by atoms with Crippen LogP contribution in [0.3, 0.4) is 0 Å². The number of nitrogens with zero attached hydrogens (tertiary/aromatic N) is 1. The molecule has 0 radical (unpaired) electrons. The Kier molecular flexibility index (Phi) is 6.97. The minimum atomic E-state index is -3.23. The van der Waals surface area contributed by atoms with Gasteiger partial charge in [-0.25, -0.2) is 13.2 Å². The maximum Gasteiger partial charge on any atom is 0.315 e. The monoisotopic (exact) mass is 419 g/mol. The summed E-state index contributed by atoms with van der Waals surface area (Å²) in [6.07, 6.45) is 6.39. The second-order valence-corrected chi connectivity index (χ2v) is 9.56. The molecule has 0 spiro atoms. The van der Waals surface area contributed by atoms with Gasteiger partial charge in [-0.3, -0.25) is 4.90 Å². The zero-order valence-corrected chi connectivity index (χ0v) is 17.7. The summed E-state index contributed by atoms with van der Waals surface area (Å²) in [6.45, 7) is 4.32. The largest absolute Gasteiger partial charge is 0.468 e. The molecule has 3 rings (SSSR count). The molecule has 29 heavy (non-hydrogen) atoms. The molecule has 7 nitrogen and oxygen atoms in total. The number of sulfone groups is 1. The molecule has 2 heterocycles. The molecule has 2 unspecified atom stereocenters. The lowest BCUT2D eigenvalue weighted by Gasteiger charge is -2.33. The van der Waals surface area contributed by atoms with E-state index in [-0.39, 0.29) is 23.0 Å². The number of hydrogen-bond acceptors (Lipinski definition) is 5. The lowest BCUT2D eigenvalue weighted by molar-refractivity contribution is 0.143. The highest BCUT2D eigenvalue weighted by atomic mass is 32.2. The Morgan fingerprint density at radius 3 is 2.41 bits per heavy atom. The molecular weight excluding hydrogens is 390 g/mol. The molecule has 1 aromatic carbocycles. The lowest BCUT2D eigenvalue weighted by atomic mass is 10.1. The number of carbonyl (C=O) groups excluding carboxylic acids is 1. The van der Waals surface area contributed by atoms with E-state index in [1.165, 1.54) is 12.7 Å². The average Bonchev–Trinajstić information content (AvgIpc) is 3.23. The van der Waals surface area contributed by atoms with Crippen LogP contribution < -0.4 is 10.6 Å². The molecule has 2 atom stereocenters. The van der Waals surface area contributed by atoms with Crippen LogP contribution in [-0.4, -0.2) is 45.2 Å². The highest BCUT2D eigenvalue weighted by Gasteiger charge is 2.25. The van der Waals surface area contributed by atoms with E-state index in [9.17, 15) is 13.2 Å². The standard InChI is InChI=1S/C21H29N3O4S/c1-16(17-8-10-18(11-9-17)29(2,26)27)23-21(25)22-15-19(20-7-6-14-28-20)24-12-4-3-5-13-24/h6-11,14,16,19H,3-5,12-13,15H2,1-2H3,(H2,22,23,25). The Morgan fingerprint density at radius 2 is 1.83 bits per heavy atom. The predicted molar refractivity (Wildman–Crippen MR) is 111 cm³/mol. The summed E-state index contributed by atoms with van der Waals surface area (Å²) in [6, 6.07) is 9.88. The number of amides is 2. The molecule has 2 aromatic rings. The number of nitrogens with one attached hydrogen (secondary N) is 2. The third-order valence-corrected chi connectivity index (χ3v) is 6.44. The lowest BCUT2D eigenvalue weighted by Crippen LogP contribution is -2.44. The number of likely N-dealkylation sites (tertiary alicyclic amines) is 1. The maximum absolute atomic E-state index is 12.4. The SMILES string of the molecule is CC(NC(=O)NCC(c1ccco1)N1CCCCC1)c1ccc(S(C)(=O)=O)cc1. The average molecular weight is 420 g/mol. The van der Waals surface area contributed by atoms with Gasteiger partial charge in [0.2, 0.25) is 0 Å². The summed E-state index contributed by atoms with van der Waals surface area (Å²) in [5, 5.41) is 5.87. The van der Waals surface area contributed by atoms with Crippen LogP contribution in [0.2, 0.25) is 0 Å². The first-order valence-electron chi connectivity index (χ1n) is 9.96. The molecule has 1 aliphatic rings. The molecule has 1 saturated heterocycles. The minimum absolute atomic E-state index is 0.0143. The third-order valence-electron chi connectivity index (χ3n) is 5.31. The van der Waals surface area contributed by atoms with Crippen molar-refractivity contribution in [1.29, 1.82) is 0 Å². The fraction of sp³-hybridized carbons (Fsp3) is 0.476. The van der Waals surface area contributed by atoms with Crippen LogP contribution in [0.4, 0.5) is 4.79 Å². The van der Waals surface area contributed by atoms with Gasteiger partial charge in [-0.2, -0.15) is 0 Å². The number of benzene rings is 1. The fourth-order valence-corrected chi connectivity index (χ4v) is 4.28. The minimum Gasteiger partial charge on any atom is -0.468 e. The number of piperidine rings is 1. The van der Waals surface area contributed by atoms with Gasteiger partial charge in [-0.1, -0.05) is 18.6 Å². The number of furan rings is 1. The Bertz CT molecular complexity index is 889. The molecule has 158 valence electrons. The van der Waals surface area contributed by atoms with E-state index >= 15 is 0 Å². The van der Waals surface area contributed by atoms with E-state index in [4.69, 9.17) is 4.42 Å². The van der Waals surface area contributed by atoms with Gasteiger partial charge in [-0.05, 0) is 62.7 Å². The number of carbonyl (C=O) groups is 1. The Balaban J connectivity index is 1.57. The van der Waals surface area contributed by atoms with Gasteiger partial charge in [0.15, 0.2) is 9.84 Å². The zero-order chi connectivity index (χ0) is 20.9. The van der Waals surface area contributed by atoms with Crippen LogP contribution in [0.25, 0.3) is 0 Å². The molecule has 0 saturated carbocycles. The van der Waals surface area contributed by atoms with Crippen LogP contribution in [-0.2, 0) is 9.84 Å². The van der Waals surface area contributed by atoms with E-state index in [0.29, 0.717) is 6.54 Å². The fourth-order valence-electron chi connectivity index (χ4n) is 3.64. The quantitative estimate of drug-likeness (QED) is 0.719. The van der Waals surface area contributed by atoms with Crippen molar-refractivity contribution in [2.45, 2.75) is 43.2 Å². The molecule has 1 fully saturated rings. The van der Waals surface area contributed by atoms with Crippen LogP contribution in [0.5, 0.6) is 0 Å². The van der Waals surface area contributed by atoms with Gasteiger partial charge in [-0.15, -0.1) is 0 Å². The number of rotatable bonds is 7. The van der Waals surface area contributed by atoms with Gasteiger partial charge < -0.3 is 15.1 Å². The molecule has 0 bridgehead atoms. The summed E-state index contributed by atoms with van der Waals surface area (Å²) < 4.78 is 28.8. The molecule has 8 heteroatoms. The highest BCUT2D eigenvalue weighted by Crippen LogP contribution is 2.24. The normalized spacial score (nSPS) is 17.4. The van der Waals surface area contributed by atoms with Crippen LogP contribution in [0.15, 0.2) is 52.0 Å². The van der Waals surface area contributed by atoms with Gasteiger partial charge >= 0.3 is 6.03 Å². The molecule has 2 N–H and O–H groups in total. The second kappa shape index (κ2) is 9.45. The Labute approximate surface area is 172 Å². The smallest absolute Gasteiger partial charge is 0.315 e. The Hall–Kier alpha value is -2.32. The topological polar surface area (TPSA) is 91.7 Å². The van der Waals surface area contributed by atoms with Gasteiger partial charge in [0.1, 0.15) is 5.76 Å². The van der Waals surface area contributed by atoms with E-state index < -0.39 is 9.84 Å². The molecule has 1 aromatic heterocycles. The summed E-state index contributed by atoms with van der Waals surface area (Å²) in [7, 11) is -3.23. The predicted octanol–water partition coefficient (Wildman–Crippen LogP) is 3.27. The first-order chi connectivity index (χ1) is 13.8. The van der Waals surface area contributed by atoms with E-state index in [2.05, 4.69) is 15.5 Å². The summed E-state index contributed by atoms with van der Waals surface area (Å²) in [5.41, 5.74) is 0.839. The van der Waals surface area contributed by atoms with E-state index in [1.54, 1.807) is 30.5 Å². The van der Waals surface area contributed by atoms with Crippen molar-refractivity contribution < 1.29 is 17.6 Å². The van der Waals surface area contributed by atoms with Crippen LogP contribution >= 0.6 is 0 Å². The van der Waals surface area contributed by atoms with Gasteiger partial charge in [0, 0.05) is 12.8 Å². The van der Waals surface area contributed by atoms with E-state index in [1.807, 2.05) is 19.1 Å². The van der Waals surface area contributed by atoms with Crippen molar-refractivity contribution >= 4 is 15.9 Å². The van der Waals surface area contributed by atoms with Crippen LogP contribution in [0, 0.1) is 0 Å². The van der Waals surface area contributed by atoms with Gasteiger partial charge in [0.25, 0.3) is 0 Å². The van der Waals surface area contributed by atoms with Crippen molar-refractivity contribution in [3.8, 4) is 0 Å². The zero-order valence-electron chi connectivity index (χ0n) is 16.9. The summed E-state index contributed by atoms with van der Waals surface area (Å²) in [4.78, 5) is 15.1. The highest BCUT2D eigenvalue weighted by molar-refractivity contribution is 7.90. The first-order valence-corrected chi connectivity index (χ1v) is 11.9. The van der Waals surface area contributed by atoms with Crippen LogP contribution in [0.1, 0.15) is 49.6 Å².